The van der Waals surface area contributed by atoms with Crippen molar-refractivity contribution < 1.29 is 38.0 Å². The minimum atomic E-state index is -0.794. The molecule has 0 saturated heterocycles. The van der Waals surface area contributed by atoms with Crippen molar-refractivity contribution in [2.75, 3.05) is 48.3 Å². The monoisotopic (exact) mass is 660 g/mol. The SMILES string of the molecule is CCOC(=O)C1=C(C)N=c2s/c(=C\c3ccc(OCCOc4ccc(OC)cc4)c(OC)c3)c(=O)n2[C@H]1c1ccc(OC)c(OC)c1. The number of carbonyl (C=O) groups excluding carboxylic acids is 1. The molecular formula is C35H36N2O9S. The lowest BCUT2D eigenvalue weighted by Crippen LogP contribution is -2.39. The maximum atomic E-state index is 14.0. The average Bonchev–Trinajstić information content (AvgIpc) is 3.39. The van der Waals surface area contributed by atoms with E-state index < -0.39 is 12.0 Å². The van der Waals surface area contributed by atoms with Crippen molar-refractivity contribution in [2.24, 2.45) is 4.99 Å². The first-order valence-electron chi connectivity index (χ1n) is 14.8. The summed E-state index contributed by atoms with van der Waals surface area (Å²) in [4.78, 5) is 32.4. The smallest absolute Gasteiger partial charge is 0.338 e. The molecule has 12 heteroatoms. The van der Waals surface area contributed by atoms with Crippen LogP contribution in [0.1, 0.15) is 31.0 Å². The second kappa shape index (κ2) is 14.9. The predicted octanol–water partition coefficient (Wildman–Crippen LogP) is 4.29. The van der Waals surface area contributed by atoms with E-state index in [2.05, 4.69) is 4.99 Å². The lowest BCUT2D eigenvalue weighted by atomic mass is 9.95. The normalized spacial score (nSPS) is 14.2. The number of methoxy groups -OCH3 is 4. The topological polar surface area (TPSA) is 116 Å². The van der Waals surface area contributed by atoms with Crippen LogP contribution in [-0.2, 0) is 9.53 Å². The van der Waals surface area contributed by atoms with Crippen molar-refractivity contribution in [3.05, 3.63) is 103 Å². The fourth-order valence-corrected chi connectivity index (χ4v) is 6.20. The van der Waals surface area contributed by atoms with E-state index in [0.29, 0.717) is 62.6 Å². The van der Waals surface area contributed by atoms with Crippen LogP contribution in [0.4, 0.5) is 0 Å². The van der Waals surface area contributed by atoms with Gasteiger partial charge in [0.2, 0.25) is 0 Å². The Bertz CT molecular complexity index is 1960. The van der Waals surface area contributed by atoms with Gasteiger partial charge in [0.25, 0.3) is 5.56 Å². The highest BCUT2D eigenvalue weighted by atomic mass is 32.1. The number of ether oxygens (including phenoxy) is 7. The molecule has 0 amide bonds. The Morgan fingerprint density at radius 3 is 2.17 bits per heavy atom. The Balaban J connectivity index is 1.45. The molecule has 0 aliphatic carbocycles. The number of aromatic nitrogens is 1. The fraction of sp³-hybridized carbons (Fsp3) is 0.286. The molecule has 1 aliphatic heterocycles. The van der Waals surface area contributed by atoms with E-state index in [-0.39, 0.29) is 17.7 Å². The van der Waals surface area contributed by atoms with Crippen LogP contribution in [-0.4, -0.2) is 58.8 Å². The van der Waals surface area contributed by atoms with Gasteiger partial charge in [0.05, 0.1) is 56.9 Å². The van der Waals surface area contributed by atoms with Gasteiger partial charge in [-0.25, -0.2) is 9.79 Å². The lowest BCUT2D eigenvalue weighted by molar-refractivity contribution is -0.139. The minimum Gasteiger partial charge on any atom is -0.497 e. The van der Waals surface area contributed by atoms with Crippen LogP contribution in [0.25, 0.3) is 6.08 Å². The molecule has 3 aromatic carbocycles. The van der Waals surface area contributed by atoms with Gasteiger partial charge < -0.3 is 33.2 Å². The number of carbonyl (C=O) groups is 1. The molecule has 0 spiro atoms. The van der Waals surface area contributed by atoms with Gasteiger partial charge in [-0.15, -0.1) is 0 Å². The Morgan fingerprint density at radius 2 is 1.49 bits per heavy atom. The van der Waals surface area contributed by atoms with E-state index in [1.54, 1.807) is 71.6 Å². The van der Waals surface area contributed by atoms with Gasteiger partial charge in [0, 0.05) is 0 Å². The highest BCUT2D eigenvalue weighted by Gasteiger charge is 2.34. The Hall–Kier alpha value is -5.23. The van der Waals surface area contributed by atoms with Gasteiger partial charge in [-0.2, -0.15) is 0 Å². The zero-order chi connectivity index (χ0) is 33.5. The minimum absolute atomic E-state index is 0.177. The zero-order valence-corrected chi connectivity index (χ0v) is 27.8. The van der Waals surface area contributed by atoms with Crippen molar-refractivity contribution in [3.63, 3.8) is 0 Å². The van der Waals surface area contributed by atoms with E-state index in [9.17, 15) is 9.59 Å². The Labute approximate surface area is 275 Å². The Kier molecular flexibility index (Phi) is 10.5. The number of hydrogen-bond acceptors (Lipinski definition) is 11. The summed E-state index contributed by atoms with van der Waals surface area (Å²) in [7, 11) is 6.24. The summed E-state index contributed by atoms with van der Waals surface area (Å²) in [5, 5.41) is 0. The fourth-order valence-electron chi connectivity index (χ4n) is 5.16. The third kappa shape index (κ3) is 7.12. The number of nitrogens with zero attached hydrogens (tertiary/aromatic N) is 2. The zero-order valence-electron chi connectivity index (χ0n) is 27.0. The molecule has 47 heavy (non-hydrogen) atoms. The molecule has 1 aliphatic rings. The highest BCUT2D eigenvalue weighted by Crippen LogP contribution is 2.36. The van der Waals surface area contributed by atoms with Gasteiger partial charge in [-0.05, 0) is 79.6 Å². The maximum absolute atomic E-state index is 14.0. The summed E-state index contributed by atoms with van der Waals surface area (Å²) in [5.41, 5.74) is 1.80. The Morgan fingerprint density at radius 1 is 0.830 bits per heavy atom. The molecule has 0 fully saturated rings. The van der Waals surface area contributed by atoms with Gasteiger partial charge in [0.15, 0.2) is 27.8 Å². The van der Waals surface area contributed by atoms with Crippen LogP contribution in [0, 0.1) is 0 Å². The first-order valence-corrected chi connectivity index (χ1v) is 15.6. The molecule has 0 unspecified atom stereocenters. The number of rotatable bonds is 13. The van der Waals surface area contributed by atoms with Crippen LogP contribution >= 0.6 is 11.3 Å². The van der Waals surface area contributed by atoms with Gasteiger partial charge in [0.1, 0.15) is 24.7 Å². The molecule has 5 rings (SSSR count). The van der Waals surface area contributed by atoms with Gasteiger partial charge in [-0.3, -0.25) is 9.36 Å². The van der Waals surface area contributed by atoms with E-state index in [4.69, 9.17) is 33.2 Å². The largest absolute Gasteiger partial charge is 0.497 e. The molecule has 1 atom stereocenters. The summed E-state index contributed by atoms with van der Waals surface area (Å²) >= 11 is 1.23. The number of allylic oxidation sites excluding steroid dienone is 1. The van der Waals surface area contributed by atoms with Crippen LogP contribution in [0.5, 0.6) is 34.5 Å². The maximum Gasteiger partial charge on any atom is 0.338 e. The van der Waals surface area contributed by atoms with Crippen molar-refractivity contribution in [1.29, 1.82) is 0 Å². The molecule has 0 N–H and O–H groups in total. The number of esters is 1. The van der Waals surface area contributed by atoms with Crippen LogP contribution in [0.15, 0.2) is 81.7 Å². The van der Waals surface area contributed by atoms with Crippen molar-refractivity contribution in [2.45, 2.75) is 19.9 Å². The third-order valence-electron chi connectivity index (χ3n) is 7.39. The van der Waals surface area contributed by atoms with E-state index in [0.717, 1.165) is 11.3 Å². The van der Waals surface area contributed by atoms with Crippen LogP contribution in [0.3, 0.4) is 0 Å². The standard InChI is InChI=1S/C35H36N2O9S/c1-7-44-34(39)31-21(2)36-35-37(32(31)23-9-15-26(41-4)29(20-23)43-6)33(38)30(47-35)19-22-8-14-27(28(18-22)42-5)46-17-16-45-25-12-10-24(40-3)11-13-25/h8-15,18-20,32H,7,16-17H2,1-6H3/b30-19-/t32-/m0/s1. The second-order valence-corrected chi connectivity index (χ2v) is 11.2. The number of benzene rings is 3. The van der Waals surface area contributed by atoms with Crippen molar-refractivity contribution in [3.8, 4) is 34.5 Å². The summed E-state index contributed by atoms with van der Waals surface area (Å²) in [6, 6.07) is 17.2. The molecular weight excluding hydrogens is 624 g/mol. The van der Waals surface area contributed by atoms with E-state index >= 15 is 0 Å². The molecule has 0 saturated carbocycles. The molecule has 11 nitrogen and oxygen atoms in total. The van der Waals surface area contributed by atoms with E-state index in [1.807, 2.05) is 30.3 Å². The summed E-state index contributed by atoms with van der Waals surface area (Å²) in [6.45, 7) is 4.26. The first kappa shape index (κ1) is 33.1. The number of fused-ring (bicyclic) bond motifs is 1. The average molecular weight is 661 g/mol. The summed E-state index contributed by atoms with van der Waals surface area (Å²) in [5.74, 6) is 2.93. The summed E-state index contributed by atoms with van der Waals surface area (Å²) in [6.07, 6.45) is 1.76. The molecule has 4 aromatic rings. The molecule has 1 aromatic heterocycles. The van der Waals surface area contributed by atoms with E-state index in [1.165, 1.54) is 23.0 Å². The number of hydrogen-bond donors (Lipinski definition) is 0. The van der Waals surface area contributed by atoms with Crippen LogP contribution in [0.2, 0.25) is 0 Å². The van der Waals surface area contributed by atoms with Gasteiger partial charge >= 0.3 is 5.97 Å². The van der Waals surface area contributed by atoms with Crippen molar-refractivity contribution in [1.82, 2.24) is 4.57 Å². The predicted molar refractivity (Wildman–Crippen MR) is 177 cm³/mol. The second-order valence-electron chi connectivity index (χ2n) is 10.2. The third-order valence-corrected chi connectivity index (χ3v) is 8.38. The highest BCUT2D eigenvalue weighted by molar-refractivity contribution is 7.07. The van der Waals surface area contributed by atoms with Gasteiger partial charge in [-0.1, -0.05) is 23.5 Å². The molecule has 0 bridgehead atoms. The molecule has 0 radical (unpaired) electrons. The number of thiazole rings is 1. The molecule has 246 valence electrons. The summed E-state index contributed by atoms with van der Waals surface area (Å²) < 4.78 is 40.7. The first-order chi connectivity index (χ1) is 22.8. The molecule has 2 heterocycles. The van der Waals surface area contributed by atoms with Crippen molar-refractivity contribution >= 4 is 23.4 Å². The quantitative estimate of drug-likeness (QED) is 0.153. The lowest BCUT2D eigenvalue weighted by Gasteiger charge is -2.25. The van der Waals surface area contributed by atoms with Crippen LogP contribution < -0.4 is 43.3 Å².